The van der Waals surface area contributed by atoms with Crippen LogP contribution in [-0.2, 0) is 0 Å². The van der Waals surface area contributed by atoms with Crippen LogP contribution in [0.1, 0.15) is 11.3 Å². The molecule has 0 amide bonds. The molecule has 3 aromatic rings. The SMILES string of the molecule is Cc1ccc(Nc2nc(C)cc(Nc3ccc(N4CCN(C)CC4)cc3)n2)cc1. The lowest BCUT2D eigenvalue weighted by molar-refractivity contribution is 0.313. The van der Waals surface area contributed by atoms with Gasteiger partial charge in [0.2, 0.25) is 5.95 Å². The standard InChI is InChI=1S/C23H28N6/c1-17-4-6-20(7-5-17)26-23-24-18(2)16-22(27-23)25-19-8-10-21(11-9-19)29-14-12-28(3)13-15-29/h4-11,16H,12-15H2,1-3H3,(H2,24,25,26,27). The average Bonchev–Trinajstić information content (AvgIpc) is 2.71. The summed E-state index contributed by atoms with van der Waals surface area (Å²) in [6.45, 7) is 8.41. The third-order valence-electron chi connectivity index (χ3n) is 5.17. The zero-order valence-electron chi connectivity index (χ0n) is 17.3. The summed E-state index contributed by atoms with van der Waals surface area (Å²) >= 11 is 0. The van der Waals surface area contributed by atoms with Gasteiger partial charge in [-0.15, -0.1) is 0 Å². The molecule has 6 heteroatoms. The van der Waals surface area contributed by atoms with Gasteiger partial charge >= 0.3 is 0 Å². The molecule has 2 heterocycles. The summed E-state index contributed by atoms with van der Waals surface area (Å²) in [5, 5.41) is 6.68. The molecular formula is C23H28N6. The Kier molecular flexibility index (Phi) is 5.62. The highest BCUT2D eigenvalue weighted by atomic mass is 15.2. The number of piperazine rings is 1. The molecule has 4 rings (SSSR count). The van der Waals surface area contributed by atoms with Crippen LogP contribution in [0.15, 0.2) is 54.6 Å². The Morgan fingerprint density at radius 3 is 2.07 bits per heavy atom. The number of nitrogens with zero attached hydrogens (tertiary/aromatic N) is 4. The Bertz CT molecular complexity index is 944. The molecule has 6 nitrogen and oxygen atoms in total. The van der Waals surface area contributed by atoms with Gasteiger partial charge in [-0.1, -0.05) is 17.7 Å². The van der Waals surface area contributed by atoms with Gasteiger partial charge < -0.3 is 20.4 Å². The van der Waals surface area contributed by atoms with E-state index in [2.05, 4.69) is 80.8 Å². The molecule has 1 saturated heterocycles. The van der Waals surface area contributed by atoms with Crippen molar-refractivity contribution in [1.29, 1.82) is 0 Å². The fourth-order valence-corrected chi connectivity index (χ4v) is 3.42. The van der Waals surface area contributed by atoms with Crippen LogP contribution in [0.5, 0.6) is 0 Å². The van der Waals surface area contributed by atoms with Gasteiger partial charge in [0.25, 0.3) is 0 Å². The number of aryl methyl sites for hydroxylation is 2. The molecule has 1 aliphatic heterocycles. The van der Waals surface area contributed by atoms with Crippen LogP contribution in [0, 0.1) is 13.8 Å². The van der Waals surface area contributed by atoms with Crippen molar-refractivity contribution in [3.05, 3.63) is 65.9 Å². The topological polar surface area (TPSA) is 56.3 Å². The zero-order chi connectivity index (χ0) is 20.2. The number of hydrogen-bond donors (Lipinski definition) is 2. The summed E-state index contributed by atoms with van der Waals surface area (Å²) in [7, 11) is 2.18. The first-order valence-electron chi connectivity index (χ1n) is 10.1. The molecule has 29 heavy (non-hydrogen) atoms. The van der Waals surface area contributed by atoms with E-state index in [1.54, 1.807) is 0 Å². The summed E-state index contributed by atoms with van der Waals surface area (Å²) < 4.78 is 0. The first-order chi connectivity index (χ1) is 14.0. The number of likely N-dealkylation sites (N-methyl/N-ethyl adjacent to an activating group) is 1. The van der Waals surface area contributed by atoms with E-state index < -0.39 is 0 Å². The second-order valence-electron chi connectivity index (χ2n) is 7.67. The summed E-state index contributed by atoms with van der Waals surface area (Å²) in [6.07, 6.45) is 0. The first-order valence-corrected chi connectivity index (χ1v) is 10.1. The van der Waals surface area contributed by atoms with Crippen molar-refractivity contribution in [3.8, 4) is 0 Å². The van der Waals surface area contributed by atoms with E-state index in [1.165, 1.54) is 11.3 Å². The number of benzene rings is 2. The van der Waals surface area contributed by atoms with E-state index >= 15 is 0 Å². The van der Waals surface area contributed by atoms with Gasteiger partial charge in [0.1, 0.15) is 5.82 Å². The number of rotatable bonds is 5. The van der Waals surface area contributed by atoms with Crippen LogP contribution in [0.3, 0.4) is 0 Å². The molecular weight excluding hydrogens is 360 g/mol. The van der Waals surface area contributed by atoms with Gasteiger partial charge in [0, 0.05) is 55.0 Å². The van der Waals surface area contributed by atoms with Gasteiger partial charge in [0.05, 0.1) is 0 Å². The van der Waals surface area contributed by atoms with Crippen LogP contribution in [-0.4, -0.2) is 48.1 Å². The van der Waals surface area contributed by atoms with E-state index in [-0.39, 0.29) is 0 Å². The highest BCUT2D eigenvalue weighted by Gasteiger charge is 2.14. The summed E-state index contributed by atoms with van der Waals surface area (Å²) in [4.78, 5) is 13.9. The maximum Gasteiger partial charge on any atom is 0.229 e. The molecule has 0 atom stereocenters. The maximum atomic E-state index is 4.62. The van der Waals surface area contributed by atoms with Crippen molar-refractivity contribution in [1.82, 2.24) is 14.9 Å². The Labute approximate surface area is 172 Å². The predicted molar refractivity (Wildman–Crippen MR) is 121 cm³/mol. The van der Waals surface area contributed by atoms with Crippen molar-refractivity contribution in [2.75, 3.05) is 48.8 Å². The maximum absolute atomic E-state index is 4.62. The van der Waals surface area contributed by atoms with Crippen LogP contribution in [0.25, 0.3) is 0 Å². The van der Waals surface area contributed by atoms with Crippen LogP contribution in [0.4, 0.5) is 28.8 Å². The van der Waals surface area contributed by atoms with Crippen molar-refractivity contribution in [3.63, 3.8) is 0 Å². The quantitative estimate of drug-likeness (QED) is 0.678. The Hall–Kier alpha value is -3.12. The van der Waals surface area contributed by atoms with E-state index in [0.29, 0.717) is 5.95 Å². The molecule has 150 valence electrons. The fourth-order valence-electron chi connectivity index (χ4n) is 3.42. The molecule has 0 aliphatic carbocycles. The van der Waals surface area contributed by atoms with E-state index in [1.807, 2.05) is 25.1 Å². The van der Waals surface area contributed by atoms with Crippen molar-refractivity contribution in [2.24, 2.45) is 0 Å². The second-order valence-corrected chi connectivity index (χ2v) is 7.67. The minimum absolute atomic E-state index is 0.588. The lowest BCUT2D eigenvalue weighted by Gasteiger charge is -2.34. The lowest BCUT2D eigenvalue weighted by Crippen LogP contribution is -2.44. The Balaban J connectivity index is 1.44. The predicted octanol–water partition coefficient (Wildman–Crippen LogP) is 4.33. The summed E-state index contributed by atoms with van der Waals surface area (Å²) in [5.74, 6) is 1.37. The molecule has 1 fully saturated rings. The highest BCUT2D eigenvalue weighted by Crippen LogP contribution is 2.23. The zero-order valence-corrected chi connectivity index (χ0v) is 17.3. The lowest BCUT2D eigenvalue weighted by atomic mass is 10.2. The molecule has 2 aromatic carbocycles. The van der Waals surface area contributed by atoms with Crippen molar-refractivity contribution >= 4 is 28.8 Å². The molecule has 0 bridgehead atoms. The van der Waals surface area contributed by atoms with Crippen molar-refractivity contribution < 1.29 is 0 Å². The highest BCUT2D eigenvalue weighted by molar-refractivity contribution is 5.63. The van der Waals surface area contributed by atoms with Crippen LogP contribution in [0.2, 0.25) is 0 Å². The molecule has 0 spiro atoms. The number of hydrogen-bond acceptors (Lipinski definition) is 6. The van der Waals surface area contributed by atoms with Crippen LogP contribution >= 0.6 is 0 Å². The minimum atomic E-state index is 0.588. The van der Waals surface area contributed by atoms with Gasteiger partial charge in [-0.05, 0) is 57.3 Å². The summed E-state index contributed by atoms with van der Waals surface area (Å²) in [5.41, 5.74) is 5.39. The minimum Gasteiger partial charge on any atom is -0.369 e. The normalized spacial score (nSPS) is 14.7. The number of anilines is 5. The fraction of sp³-hybridized carbons (Fsp3) is 0.304. The summed E-state index contributed by atoms with van der Waals surface area (Å²) in [6, 6.07) is 18.7. The van der Waals surface area contributed by atoms with E-state index in [4.69, 9.17) is 0 Å². The average molecular weight is 389 g/mol. The monoisotopic (exact) mass is 388 g/mol. The molecule has 2 N–H and O–H groups in total. The number of nitrogens with one attached hydrogen (secondary N) is 2. The van der Waals surface area contributed by atoms with Crippen molar-refractivity contribution in [2.45, 2.75) is 13.8 Å². The second kappa shape index (κ2) is 8.49. The van der Waals surface area contributed by atoms with Gasteiger partial charge in [-0.25, -0.2) is 4.98 Å². The molecule has 0 radical (unpaired) electrons. The van der Waals surface area contributed by atoms with Gasteiger partial charge in [0.15, 0.2) is 0 Å². The third-order valence-corrected chi connectivity index (χ3v) is 5.17. The molecule has 1 aliphatic rings. The molecule has 0 unspecified atom stereocenters. The molecule has 1 aromatic heterocycles. The largest absolute Gasteiger partial charge is 0.369 e. The van der Waals surface area contributed by atoms with Gasteiger partial charge in [-0.2, -0.15) is 4.98 Å². The van der Waals surface area contributed by atoms with Crippen LogP contribution < -0.4 is 15.5 Å². The Morgan fingerprint density at radius 1 is 0.759 bits per heavy atom. The van der Waals surface area contributed by atoms with E-state index in [0.717, 1.165) is 49.1 Å². The molecule has 0 saturated carbocycles. The van der Waals surface area contributed by atoms with E-state index in [9.17, 15) is 0 Å². The smallest absolute Gasteiger partial charge is 0.229 e. The Morgan fingerprint density at radius 2 is 1.38 bits per heavy atom. The first kappa shape index (κ1) is 19.2. The van der Waals surface area contributed by atoms with Gasteiger partial charge in [-0.3, -0.25) is 0 Å². The third kappa shape index (κ3) is 5.03. The number of aromatic nitrogens is 2.